The van der Waals surface area contributed by atoms with Gasteiger partial charge in [0.05, 0.1) is 6.10 Å². The van der Waals surface area contributed by atoms with Crippen LogP contribution in [0.4, 0.5) is 0 Å². The lowest BCUT2D eigenvalue weighted by molar-refractivity contribution is -0.133. The van der Waals surface area contributed by atoms with Gasteiger partial charge in [0.25, 0.3) is 0 Å². The molecule has 128 valence electrons. The first-order chi connectivity index (χ1) is 10.6. The first-order valence-electron chi connectivity index (χ1n) is 9.19. The Morgan fingerprint density at radius 2 is 1.73 bits per heavy atom. The summed E-state index contributed by atoms with van der Waals surface area (Å²) in [5.74, 6) is 0.990. The fourth-order valence-corrected chi connectivity index (χ4v) is 3.53. The van der Waals surface area contributed by atoms with Crippen LogP contribution in [0.15, 0.2) is 0 Å². The number of nitrogens with zero attached hydrogens (tertiary/aromatic N) is 2. The lowest BCUT2D eigenvalue weighted by atomic mass is 9.97. The molecule has 0 bridgehead atoms. The first kappa shape index (κ1) is 17.7. The van der Waals surface area contributed by atoms with Gasteiger partial charge in [-0.3, -0.25) is 4.79 Å². The summed E-state index contributed by atoms with van der Waals surface area (Å²) in [5, 5.41) is 0. The molecule has 0 aromatic heterocycles. The average Bonchev–Trinajstić information content (AvgIpc) is 3.05. The van der Waals surface area contributed by atoms with E-state index in [1.54, 1.807) is 0 Å². The van der Waals surface area contributed by atoms with Crippen LogP contribution in [-0.2, 0) is 9.53 Å². The van der Waals surface area contributed by atoms with Gasteiger partial charge < -0.3 is 14.5 Å². The fourth-order valence-electron chi connectivity index (χ4n) is 3.53. The Bertz CT molecular complexity index is 332. The molecule has 0 aromatic rings. The van der Waals surface area contributed by atoms with Gasteiger partial charge in [-0.1, -0.05) is 0 Å². The lowest BCUT2D eigenvalue weighted by Gasteiger charge is -2.33. The van der Waals surface area contributed by atoms with E-state index in [2.05, 4.69) is 30.6 Å². The summed E-state index contributed by atoms with van der Waals surface area (Å²) in [6.07, 6.45) is 6.88. The predicted octanol–water partition coefficient (Wildman–Crippen LogP) is 2.91. The minimum absolute atomic E-state index is 0.312. The monoisotopic (exact) mass is 310 g/mol. The summed E-state index contributed by atoms with van der Waals surface area (Å²) in [4.78, 5) is 17.0. The maximum atomic E-state index is 12.4. The standard InChI is InChI=1S/C18H34N2O2/c1-15(2)22-14-17-8-12-20(13-9-17)18(21)7-6-16(3)19-10-4-5-11-19/h15-17H,4-14H2,1-3H3. The third kappa shape index (κ3) is 5.54. The zero-order valence-corrected chi connectivity index (χ0v) is 14.7. The molecule has 2 saturated heterocycles. The van der Waals surface area contributed by atoms with E-state index in [9.17, 15) is 4.79 Å². The van der Waals surface area contributed by atoms with Crippen molar-refractivity contribution in [3.8, 4) is 0 Å². The predicted molar refractivity (Wildman–Crippen MR) is 89.9 cm³/mol. The van der Waals surface area contributed by atoms with Gasteiger partial charge in [0, 0.05) is 32.2 Å². The van der Waals surface area contributed by atoms with Gasteiger partial charge in [-0.25, -0.2) is 0 Å². The van der Waals surface area contributed by atoms with Crippen molar-refractivity contribution in [1.82, 2.24) is 9.80 Å². The normalized spacial score (nSPS) is 22.5. The maximum absolute atomic E-state index is 12.4. The Hall–Kier alpha value is -0.610. The number of piperidine rings is 1. The fraction of sp³-hybridized carbons (Fsp3) is 0.944. The van der Waals surface area contributed by atoms with Crippen molar-refractivity contribution in [1.29, 1.82) is 0 Å². The second-order valence-corrected chi connectivity index (χ2v) is 7.34. The third-order valence-corrected chi connectivity index (χ3v) is 5.17. The molecule has 22 heavy (non-hydrogen) atoms. The van der Waals surface area contributed by atoms with E-state index in [0.717, 1.165) is 39.0 Å². The summed E-state index contributed by atoms with van der Waals surface area (Å²) in [7, 11) is 0. The van der Waals surface area contributed by atoms with Gasteiger partial charge in [0.1, 0.15) is 0 Å². The van der Waals surface area contributed by atoms with Crippen LogP contribution in [0.25, 0.3) is 0 Å². The van der Waals surface area contributed by atoms with Gasteiger partial charge in [-0.05, 0) is 71.9 Å². The van der Waals surface area contributed by atoms with Crippen LogP contribution in [0.1, 0.15) is 59.3 Å². The van der Waals surface area contributed by atoms with Crippen molar-refractivity contribution < 1.29 is 9.53 Å². The number of amides is 1. The molecule has 1 amide bonds. The van der Waals surface area contributed by atoms with Gasteiger partial charge >= 0.3 is 0 Å². The zero-order valence-electron chi connectivity index (χ0n) is 14.7. The highest BCUT2D eigenvalue weighted by Crippen LogP contribution is 2.20. The van der Waals surface area contributed by atoms with E-state index in [4.69, 9.17) is 4.74 Å². The molecule has 1 atom stereocenters. The quantitative estimate of drug-likeness (QED) is 0.725. The largest absolute Gasteiger partial charge is 0.379 e. The summed E-state index contributed by atoms with van der Waals surface area (Å²) in [6.45, 7) is 11.6. The van der Waals surface area contributed by atoms with Crippen molar-refractivity contribution in [2.75, 3.05) is 32.8 Å². The van der Waals surface area contributed by atoms with Crippen LogP contribution in [0.3, 0.4) is 0 Å². The molecular formula is C18H34N2O2. The minimum Gasteiger partial charge on any atom is -0.379 e. The highest BCUT2D eigenvalue weighted by Gasteiger charge is 2.24. The van der Waals surface area contributed by atoms with Crippen molar-refractivity contribution in [3.05, 3.63) is 0 Å². The molecule has 0 aliphatic carbocycles. The topological polar surface area (TPSA) is 32.8 Å². The van der Waals surface area contributed by atoms with E-state index >= 15 is 0 Å². The van der Waals surface area contributed by atoms with Gasteiger partial charge in [0.15, 0.2) is 0 Å². The SMILES string of the molecule is CC(C)OCC1CCN(C(=O)CCC(C)N2CCCC2)CC1. The number of hydrogen-bond acceptors (Lipinski definition) is 3. The lowest BCUT2D eigenvalue weighted by Crippen LogP contribution is -2.40. The molecule has 2 fully saturated rings. The zero-order chi connectivity index (χ0) is 15.9. The number of carbonyl (C=O) groups is 1. The molecule has 0 saturated carbocycles. The molecular weight excluding hydrogens is 276 g/mol. The highest BCUT2D eigenvalue weighted by atomic mass is 16.5. The van der Waals surface area contributed by atoms with Crippen LogP contribution >= 0.6 is 0 Å². The first-order valence-corrected chi connectivity index (χ1v) is 9.19. The molecule has 2 aliphatic rings. The Morgan fingerprint density at radius 3 is 2.32 bits per heavy atom. The van der Waals surface area contributed by atoms with Crippen LogP contribution in [0.5, 0.6) is 0 Å². The van der Waals surface area contributed by atoms with Crippen molar-refractivity contribution >= 4 is 5.91 Å². The number of hydrogen-bond donors (Lipinski definition) is 0. The highest BCUT2D eigenvalue weighted by molar-refractivity contribution is 5.76. The van der Waals surface area contributed by atoms with Crippen molar-refractivity contribution in [2.24, 2.45) is 5.92 Å². The van der Waals surface area contributed by atoms with Gasteiger partial charge in [-0.2, -0.15) is 0 Å². The number of carbonyl (C=O) groups excluding carboxylic acids is 1. The molecule has 2 rings (SSSR count). The van der Waals surface area contributed by atoms with Gasteiger partial charge in [0.2, 0.25) is 5.91 Å². The van der Waals surface area contributed by atoms with Crippen LogP contribution in [0, 0.1) is 5.92 Å². The molecule has 0 N–H and O–H groups in total. The molecule has 1 unspecified atom stereocenters. The summed E-state index contributed by atoms with van der Waals surface area (Å²) >= 11 is 0. The molecule has 2 aliphatic heterocycles. The summed E-state index contributed by atoms with van der Waals surface area (Å²) in [5.41, 5.74) is 0. The van der Waals surface area contributed by atoms with Crippen LogP contribution in [0.2, 0.25) is 0 Å². The smallest absolute Gasteiger partial charge is 0.222 e. The molecule has 0 radical (unpaired) electrons. The van der Waals surface area contributed by atoms with E-state index in [1.807, 2.05) is 0 Å². The third-order valence-electron chi connectivity index (χ3n) is 5.17. The minimum atomic E-state index is 0.312. The van der Waals surface area contributed by atoms with Gasteiger partial charge in [-0.15, -0.1) is 0 Å². The molecule has 4 heteroatoms. The number of rotatable bonds is 7. The van der Waals surface area contributed by atoms with E-state index in [0.29, 0.717) is 30.4 Å². The van der Waals surface area contributed by atoms with Crippen LogP contribution in [-0.4, -0.2) is 60.6 Å². The second-order valence-electron chi connectivity index (χ2n) is 7.34. The molecule has 0 aromatic carbocycles. The second kappa shape index (κ2) is 8.88. The average molecular weight is 310 g/mol. The maximum Gasteiger partial charge on any atom is 0.222 e. The Kier molecular flexibility index (Phi) is 7.16. The number of likely N-dealkylation sites (tertiary alicyclic amines) is 2. The van der Waals surface area contributed by atoms with E-state index < -0.39 is 0 Å². The Labute approximate surface area is 136 Å². The summed E-state index contributed by atoms with van der Waals surface area (Å²) < 4.78 is 5.70. The molecule has 0 spiro atoms. The molecule has 2 heterocycles. The summed E-state index contributed by atoms with van der Waals surface area (Å²) in [6, 6.07) is 0.559. The Morgan fingerprint density at radius 1 is 1.09 bits per heavy atom. The van der Waals surface area contributed by atoms with Crippen LogP contribution < -0.4 is 0 Å². The Balaban J connectivity index is 1.62. The molecule has 4 nitrogen and oxygen atoms in total. The van der Waals surface area contributed by atoms with Crippen molar-refractivity contribution in [2.45, 2.75) is 71.4 Å². The van der Waals surface area contributed by atoms with Crippen molar-refractivity contribution in [3.63, 3.8) is 0 Å². The van der Waals surface area contributed by atoms with E-state index in [-0.39, 0.29) is 0 Å². The van der Waals surface area contributed by atoms with E-state index in [1.165, 1.54) is 25.9 Å². The number of ether oxygens (including phenoxy) is 1.